The number of hydrogen-bond donors (Lipinski definition) is 3. The Hall–Kier alpha value is -2.50. The van der Waals surface area contributed by atoms with E-state index in [2.05, 4.69) is 10.6 Å². The van der Waals surface area contributed by atoms with Crippen molar-refractivity contribution in [1.82, 2.24) is 10.2 Å². The molecule has 1 saturated heterocycles. The first kappa shape index (κ1) is 19.8. The van der Waals surface area contributed by atoms with Crippen LogP contribution in [0.1, 0.15) is 32.8 Å². The van der Waals surface area contributed by atoms with E-state index in [-0.39, 0.29) is 18.0 Å². The Kier molecular flexibility index (Phi) is 5.95. The molecule has 2 atom stereocenters. The number of aliphatic hydroxyl groups is 1. The molecule has 0 saturated carbocycles. The SMILES string of the molecule is CC(C)(C)NC(O)C(=O)N1CC[C@H](C(=O)Nc2ccc(F)c(C#N)c2)C1. The molecule has 0 bridgehead atoms. The van der Waals surface area contributed by atoms with E-state index in [9.17, 15) is 19.1 Å². The number of carbonyl (C=O) groups excluding carboxylic acids is 2. The number of halogens is 1. The number of amides is 2. The molecule has 1 aromatic rings. The topological polar surface area (TPSA) is 105 Å². The molecule has 1 heterocycles. The van der Waals surface area contributed by atoms with Crippen LogP contribution >= 0.6 is 0 Å². The normalized spacial score (nSPS) is 18.3. The van der Waals surface area contributed by atoms with Crippen molar-refractivity contribution in [2.75, 3.05) is 18.4 Å². The maximum atomic E-state index is 13.3. The molecule has 0 spiro atoms. The Labute approximate surface area is 151 Å². The number of nitrogens with one attached hydrogen (secondary N) is 2. The largest absolute Gasteiger partial charge is 0.370 e. The van der Waals surface area contributed by atoms with Crippen LogP contribution in [0.25, 0.3) is 0 Å². The Morgan fingerprint density at radius 3 is 2.73 bits per heavy atom. The third kappa shape index (κ3) is 5.00. The Balaban J connectivity index is 1.95. The van der Waals surface area contributed by atoms with E-state index >= 15 is 0 Å². The minimum Gasteiger partial charge on any atom is -0.370 e. The zero-order chi connectivity index (χ0) is 19.5. The van der Waals surface area contributed by atoms with Gasteiger partial charge in [-0.15, -0.1) is 0 Å². The molecule has 1 aliphatic heterocycles. The van der Waals surface area contributed by atoms with Gasteiger partial charge in [0.15, 0.2) is 6.23 Å². The minimum atomic E-state index is -1.33. The summed E-state index contributed by atoms with van der Waals surface area (Å²) in [5.74, 6) is -1.86. The summed E-state index contributed by atoms with van der Waals surface area (Å²) in [6, 6.07) is 5.48. The molecule has 0 aromatic heterocycles. The first-order valence-electron chi connectivity index (χ1n) is 8.36. The zero-order valence-electron chi connectivity index (χ0n) is 15.0. The highest BCUT2D eigenvalue weighted by molar-refractivity contribution is 5.93. The summed E-state index contributed by atoms with van der Waals surface area (Å²) in [6.07, 6.45) is -0.862. The van der Waals surface area contributed by atoms with Gasteiger partial charge in [0.25, 0.3) is 5.91 Å². The highest BCUT2D eigenvalue weighted by atomic mass is 19.1. The number of carbonyl (C=O) groups is 2. The van der Waals surface area contributed by atoms with Gasteiger partial charge in [-0.1, -0.05) is 0 Å². The van der Waals surface area contributed by atoms with E-state index in [0.29, 0.717) is 18.7 Å². The van der Waals surface area contributed by atoms with Gasteiger partial charge < -0.3 is 15.3 Å². The molecule has 1 unspecified atom stereocenters. The summed E-state index contributed by atoms with van der Waals surface area (Å²) in [7, 11) is 0. The van der Waals surface area contributed by atoms with Crippen LogP contribution in [0.3, 0.4) is 0 Å². The predicted octanol–water partition coefficient (Wildman–Crippen LogP) is 1.19. The van der Waals surface area contributed by atoms with Crippen molar-refractivity contribution in [2.24, 2.45) is 5.92 Å². The number of nitriles is 1. The maximum Gasteiger partial charge on any atom is 0.266 e. The molecular formula is C18H23FN4O3. The summed E-state index contributed by atoms with van der Waals surface area (Å²) in [5, 5.41) is 24.3. The van der Waals surface area contributed by atoms with Gasteiger partial charge in [-0.3, -0.25) is 14.9 Å². The molecule has 1 aliphatic rings. The van der Waals surface area contributed by atoms with Gasteiger partial charge in [-0.25, -0.2) is 4.39 Å². The highest BCUT2D eigenvalue weighted by Crippen LogP contribution is 2.21. The summed E-state index contributed by atoms with van der Waals surface area (Å²) < 4.78 is 13.3. The van der Waals surface area contributed by atoms with E-state index < -0.39 is 29.4 Å². The van der Waals surface area contributed by atoms with Crippen LogP contribution in [-0.4, -0.2) is 46.7 Å². The van der Waals surface area contributed by atoms with Crippen molar-refractivity contribution in [2.45, 2.75) is 39.0 Å². The lowest BCUT2D eigenvalue weighted by Crippen LogP contribution is -2.52. The summed E-state index contributed by atoms with van der Waals surface area (Å²) >= 11 is 0. The summed E-state index contributed by atoms with van der Waals surface area (Å²) in [4.78, 5) is 26.1. The first-order chi connectivity index (χ1) is 12.1. The maximum absolute atomic E-state index is 13.3. The van der Waals surface area contributed by atoms with E-state index in [1.54, 1.807) is 6.07 Å². The molecule has 1 fully saturated rings. The molecule has 140 valence electrons. The molecule has 2 rings (SSSR count). The molecule has 0 radical (unpaired) electrons. The van der Waals surface area contributed by atoms with Crippen LogP contribution in [0.5, 0.6) is 0 Å². The van der Waals surface area contributed by atoms with Crippen LogP contribution in [0.4, 0.5) is 10.1 Å². The third-order valence-corrected chi connectivity index (χ3v) is 4.03. The van der Waals surface area contributed by atoms with Gasteiger partial charge >= 0.3 is 0 Å². The van der Waals surface area contributed by atoms with Crippen molar-refractivity contribution in [1.29, 1.82) is 5.26 Å². The predicted molar refractivity (Wildman–Crippen MR) is 93.3 cm³/mol. The number of anilines is 1. The Morgan fingerprint density at radius 1 is 1.42 bits per heavy atom. The molecule has 7 nitrogen and oxygen atoms in total. The van der Waals surface area contributed by atoms with Crippen LogP contribution in [-0.2, 0) is 9.59 Å². The van der Waals surface area contributed by atoms with Gasteiger partial charge in [0.2, 0.25) is 5.91 Å². The van der Waals surface area contributed by atoms with Gasteiger partial charge in [0, 0.05) is 24.3 Å². The molecular weight excluding hydrogens is 339 g/mol. The fraction of sp³-hybridized carbons (Fsp3) is 0.500. The van der Waals surface area contributed by atoms with Crippen LogP contribution in [0.15, 0.2) is 18.2 Å². The molecule has 0 aliphatic carbocycles. The number of nitrogens with zero attached hydrogens (tertiary/aromatic N) is 2. The zero-order valence-corrected chi connectivity index (χ0v) is 15.0. The standard InChI is InChI=1S/C18H23FN4O3/c1-18(2,3)22-16(25)17(26)23-7-6-11(10-23)15(24)21-13-4-5-14(19)12(8-13)9-20/h4-5,8,11,16,22,25H,6-7,10H2,1-3H3,(H,21,24)/t11-,16?/m0/s1. The molecule has 8 heteroatoms. The highest BCUT2D eigenvalue weighted by Gasteiger charge is 2.34. The number of likely N-dealkylation sites (tertiary alicyclic amines) is 1. The molecule has 3 N–H and O–H groups in total. The molecule has 26 heavy (non-hydrogen) atoms. The van der Waals surface area contributed by atoms with Crippen molar-refractivity contribution < 1.29 is 19.1 Å². The second kappa shape index (κ2) is 7.81. The van der Waals surface area contributed by atoms with Crippen molar-refractivity contribution in [3.8, 4) is 6.07 Å². The fourth-order valence-corrected chi connectivity index (χ4v) is 2.75. The summed E-state index contributed by atoms with van der Waals surface area (Å²) in [6.45, 7) is 6.07. The average molecular weight is 362 g/mol. The average Bonchev–Trinajstić information content (AvgIpc) is 3.04. The second-order valence-corrected chi connectivity index (χ2v) is 7.36. The van der Waals surface area contributed by atoms with Crippen LogP contribution in [0, 0.1) is 23.1 Å². The Bertz CT molecular complexity index is 739. The van der Waals surface area contributed by atoms with Crippen molar-refractivity contribution in [3.63, 3.8) is 0 Å². The number of benzene rings is 1. The van der Waals surface area contributed by atoms with Crippen LogP contribution < -0.4 is 10.6 Å². The van der Waals surface area contributed by atoms with Gasteiger partial charge in [0.05, 0.1) is 11.5 Å². The van der Waals surface area contributed by atoms with E-state index in [1.807, 2.05) is 20.8 Å². The summed E-state index contributed by atoms with van der Waals surface area (Å²) in [5.41, 5.74) is -0.248. The first-order valence-corrected chi connectivity index (χ1v) is 8.36. The monoisotopic (exact) mass is 362 g/mol. The van der Waals surface area contributed by atoms with E-state index in [1.165, 1.54) is 17.0 Å². The lowest BCUT2D eigenvalue weighted by atomic mass is 10.1. The molecule has 2 amide bonds. The third-order valence-electron chi connectivity index (χ3n) is 4.03. The lowest BCUT2D eigenvalue weighted by Gasteiger charge is -2.27. The van der Waals surface area contributed by atoms with E-state index in [4.69, 9.17) is 5.26 Å². The quantitative estimate of drug-likeness (QED) is 0.698. The van der Waals surface area contributed by atoms with Crippen molar-refractivity contribution in [3.05, 3.63) is 29.6 Å². The molecule has 1 aromatic carbocycles. The van der Waals surface area contributed by atoms with Crippen LogP contribution in [0.2, 0.25) is 0 Å². The van der Waals surface area contributed by atoms with Gasteiger partial charge in [0.1, 0.15) is 11.9 Å². The number of rotatable bonds is 4. The lowest BCUT2D eigenvalue weighted by molar-refractivity contribution is -0.142. The van der Waals surface area contributed by atoms with Gasteiger partial charge in [-0.2, -0.15) is 5.26 Å². The fourth-order valence-electron chi connectivity index (χ4n) is 2.75. The second-order valence-electron chi connectivity index (χ2n) is 7.36. The minimum absolute atomic E-state index is 0.151. The smallest absolute Gasteiger partial charge is 0.266 e. The van der Waals surface area contributed by atoms with Crippen molar-refractivity contribution >= 4 is 17.5 Å². The Morgan fingerprint density at radius 2 is 2.12 bits per heavy atom. The number of aliphatic hydroxyl groups excluding tert-OH is 1. The number of hydrogen-bond acceptors (Lipinski definition) is 5. The van der Waals surface area contributed by atoms with Gasteiger partial charge in [-0.05, 0) is 45.4 Å². The van der Waals surface area contributed by atoms with E-state index in [0.717, 1.165) is 6.07 Å².